The van der Waals surface area contributed by atoms with Crippen LogP contribution in [0.5, 0.6) is 0 Å². The lowest BCUT2D eigenvalue weighted by Gasteiger charge is -2.16. The van der Waals surface area contributed by atoms with Crippen LogP contribution >= 0.6 is 0 Å². The summed E-state index contributed by atoms with van der Waals surface area (Å²) >= 11 is 0. The quantitative estimate of drug-likeness (QED) is 0.490. The predicted molar refractivity (Wildman–Crippen MR) is 83.0 cm³/mol. The zero-order valence-corrected chi connectivity index (χ0v) is 14.3. The lowest BCUT2D eigenvalue weighted by atomic mass is 10.0. The fourth-order valence-electron chi connectivity index (χ4n) is 3.81. The SMILES string of the molecule is C[C@H]1CO[C@H]2[C@@H]1OC[C@@H]2OC(=O)/C=C\C(=O)O[C@H]1CO[C@H]2[C@@H]1OC[C@@H]2O. The fourth-order valence-corrected chi connectivity index (χ4v) is 3.81. The summed E-state index contributed by atoms with van der Waals surface area (Å²) in [6.07, 6.45) is -1.05. The molecule has 4 aliphatic rings. The summed E-state index contributed by atoms with van der Waals surface area (Å²) in [5, 5.41) is 9.66. The summed E-state index contributed by atoms with van der Waals surface area (Å²) in [5.74, 6) is -1.09. The van der Waals surface area contributed by atoms with Gasteiger partial charge in [-0.15, -0.1) is 0 Å². The second-order valence-corrected chi connectivity index (χ2v) is 7.02. The number of aliphatic hydroxyl groups excluding tert-OH is 1. The van der Waals surface area contributed by atoms with Gasteiger partial charge in [0.2, 0.25) is 0 Å². The average Bonchev–Trinajstić information content (AvgIpc) is 3.35. The molecule has 0 spiro atoms. The van der Waals surface area contributed by atoms with Gasteiger partial charge in [-0.1, -0.05) is 6.92 Å². The van der Waals surface area contributed by atoms with Crippen molar-refractivity contribution in [2.45, 2.75) is 49.7 Å². The molecule has 0 aromatic carbocycles. The van der Waals surface area contributed by atoms with E-state index in [9.17, 15) is 14.7 Å². The smallest absolute Gasteiger partial charge is 0.331 e. The molecule has 8 atom stereocenters. The van der Waals surface area contributed by atoms with E-state index < -0.39 is 42.5 Å². The molecule has 26 heavy (non-hydrogen) atoms. The number of carbonyl (C=O) groups excluding carboxylic acids is 2. The number of rotatable bonds is 4. The topological polar surface area (TPSA) is 110 Å². The lowest BCUT2D eigenvalue weighted by molar-refractivity contribution is -0.150. The molecule has 0 amide bonds. The van der Waals surface area contributed by atoms with Crippen molar-refractivity contribution in [3.8, 4) is 0 Å². The van der Waals surface area contributed by atoms with Crippen molar-refractivity contribution in [1.82, 2.24) is 0 Å². The third kappa shape index (κ3) is 3.37. The van der Waals surface area contributed by atoms with Crippen molar-refractivity contribution in [2.24, 2.45) is 5.92 Å². The Hall–Kier alpha value is -1.52. The van der Waals surface area contributed by atoms with E-state index in [0.717, 1.165) is 12.2 Å². The Labute approximate surface area is 150 Å². The summed E-state index contributed by atoms with van der Waals surface area (Å²) in [4.78, 5) is 23.8. The summed E-state index contributed by atoms with van der Waals surface area (Å²) in [7, 11) is 0. The molecule has 9 nitrogen and oxygen atoms in total. The fraction of sp³-hybridized carbons (Fsp3) is 0.765. The number of fused-ring (bicyclic) bond motifs is 2. The first kappa shape index (κ1) is 17.9. The number of aliphatic hydroxyl groups is 1. The van der Waals surface area contributed by atoms with Crippen LogP contribution in [0.25, 0.3) is 0 Å². The van der Waals surface area contributed by atoms with Crippen LogP contribution in [-0.2, 0) is 38.0 Å². The molecule has 4 saturated heterocycles. The minimum absolute atomic E-state index is 0.0566. The molecule has 9 heteroatoms. The van der Waals surface area contributed by atoms with Gasteiger partial charge in [0.15, 0.2) is 12.2 Å². The second kappa shape index (κ2) is 7.24. The maximum atomic E-state index is 11.9. The number of carbonyl (C=O) groups is 2. The number of esters is 2. The molecule has 0 aliphatic carbocycles. The van der Waals surface area contributed by atoms with Gasteiger partial charge < -0.3 is 33.5 Å². The highest BCUT2D eigenvalue weighted by atomic mass is 16.6. The zero-order valence-electron chi connectivity index (χ0n) is 14.3. The van der Waals surface area contributed by atoms with Crippen LogP contribution in [0.1, 0.15) is 6.92 Å². The summed E-state index contributed by atoms with van der Waals surface area (Å²) in [6, 6.07) is 0. The van der Waals surface area contributed by atoms with Gasteiger partial charge in [-0.05, 0) is 0 Å². The van der Waals surface area contributed by atoms with E-state index in [-0.39, 0.29) is 37.9 Å². The lowest BCUT2D eigenvalue weighted by Crippen LogP contribution is -2.34. The minimum Gasteiger partial charge on any atom is -0.454 e. The van der Waals surface area contributed by atoms with Crippen LogP contribution in [0, 0.1) is 5.92 Å². The number of ether oxygens (including phenoxy) is 6. The maximum Gasteiger partial charge on any atom is 0.331 e. The molecule has 144 valence electrons. The van der Waals surface area contributed by atoms with Gasteiger partial charge in [-0.3, -0.25) is 0 Å². The van der Waals surface area contributed by atoms with Gasteiger partial charge in [0.25, 0.3) is 0 Å². The van der Waals surface area contributed by atoms with Gasteiger partial charge in [0.1, 0.15) is 24.4 Å². The summed E-state index contributed by atoms with van der Waals surface area (Å²) < 4.78 is 32.5. The molecule has 1 N–H and O–H groups in total. The summed E-state index contributed by atoms with van der Waals surface area (Å²) in [5.41, 5.74) is 0. The third-order valence-corrected chi connectivity index (χ3v) is 5.13. The Kier molecular flexibility index (Phi) is 4.98. The van der Waals surface area contributed by atoms with Crippen LogP contribution in [-0.4, -0.2) is 86.2 Å². The first-order valence-electron chi connectivity index (χ1n) is 8.76. The molecule has 0 unspecified atom stereocenters. The van der Waals surface area contributed by atoms with Gasteiger partial charge in [0, 0.05) is 18.1 Å². The third-order valence-electron chi connectivity index (χ3n) is 5.13. The monoisotopic (exact) mass is 370 g/mol. The first-order chi connectivity index (χ1) is 12.5. The average molecular weight is 370 g/mol. The highest BCUT2D eigenvalue weighted by Gasteiger charge is 2.49. The minimum atomic E-state index is -0.716. The molecular formula is C17H22O9. The van der Waals surface area contributed by atoms with Crippen LogP contribution in [0.2, 0.25) is 0 Å². The number of hydrogen-bond acceptors (Lipinski definition) is 9. The molecule has 4 aliphatic heterocycles. The highest BCUT2D eigenvalue weighted by Crippen LogP contribution is 2.32. The van der Waals surface area contributed by atoms with Crippen molar-refractivity contribution < 1.29 is 43.1 Å². The standard InChI is InChI=1S/C17H22O9/c1-8-4-21-16-10(6-23-14(8)16)25-12(19)2-3-13(20)26-11-7-24-15-9(18)5-22-17(11)15/h2-3,8-11,14-18H,4-7H2,1H3/b3-2-/t8-,9-,10-,11-,14+,15+,16+,17+/m0/s1. The Bertz CT molecular complexity index is 541. The van der Waals surface area contributed by atoms with Crippen molar-refractivity contribution in [3.63, 3.8) is 0 Å². The van der Waals surface area contributed by atoms with E-state index in [2.05, 4.69) is 0 Å². The highest BCUT2D eigenvalue weighted by molar-refractivity contribution is 5.91. The van der Waals surface area contributed by atoms with Crippen molar-refractivity contribution in [1.29, 1.82) is 0 Å². The molecule has 4 heterocycles. The van der Waals surface area contributed by atoms with Crippen molar-refractivity contribution in [2.75, 3.05) is 26.4 Å². The summed E-state index contributed by atoms with van der Waals surface area (Å²) in [6.45, 7) is 3.18. The normalized spacial score (nSPS) is 44.2. The van der Waals surface area contributed by atoms with Crippen LogP contribution < -0.4 is 0 Å². The van der Waals surface area contributed by atoms with Crippen molar-refractivity contribution >= 4 is 11.9 Å². The second-order valence-electron chi connectivity index (χ2n) is 7.02. The van der Waals surface area contributed by atoms with E-state index in [1.54, 1.807) is 0 Å². The van der Waals surface area contributed by atoms with Crippen LogP contribution in [0.3, 0.4) is 0 Å². The van der Waals surface area contributed by atoms with Gasteiger partial charge in [-0.2, -0.15) is 0 Å². The van der Waals surface area contributed by atoms with Gasteiger partial charge in [0.05, 0.1) is 32.5 Å². The Morgan fingerprint density at radius 3 is 1.96 bits per heavy atom. The molecule has 0 radical (unpaired) electrons. The molecule has 0 bridgehead atoms. The van der Waals surface area contributed by atoms with E-state index >= 15 is 0 Å². The van der Waals surface area contributed by atoms with E-state index in [1.165, 1.54) is 0 Å². The Morgan fingerprint density at radius 1 is 0.808 bits per heavy atom. The molecule has 4 fully saturated rings. The first-order valence-corrected chi connectivity index (χ1v) is 8.76. The van der Waals surface area contributed by atoms with E-state index in [0.29, 0.717) is 6.61 Å². The van der Waals surface area contributed by atoms with Gasteiger partial charge >= 0.3 is 11.9 Å². The largest absolute Gasteiger partial charge is 0.454 e. The maximum absolute atomic E-state index is 11.9. The van der Waals surface area contributed by atoms with Gasteiger partial charge in [-0.25, -0.2) is 9.59 Å². The molecule has 4 rings (SSSR count). The Balaban J connectivity index is 1.24. The predicted octanol–water partition coefficient (Wildman–Crippen LogP) is -1.04. The molecule has 0 aromatic heterocycles. The molecular weight excluding hydrogens is 348 g/mol. The van der Waals surface area contributed by atoms with Crippen LogP contribution in [0.15, 0.2) is 12.2 Å². The van der Waals surface area contributed by atoms with E-state index in [4.69, 9.17) is 28.4 Å². The van der Waals surface area contributed by atoms with Crippen LogP contribution in [0.4, 0.5) is 0 Å². The number of hydrogen-bond donors (Lipinski definition) is 1. The van der Waals surface area contributed by atoms with Crippen molar-refractivity contribution in [3.05, 3.63) is 12.2 Å². The van der Waals surface area contributed by atoms with E-state index in [1.807, 2.05) is 6.92 Å². The molecule has 0 aromatic rings. The Morgan fingerprint density at radius 2 is 1.31 bits per heavy atom. The zero-order chi connectivity index (χ0) is 18.3. The molecule has 0 saturated carbocycles.